The van der Waals surface area contributed by atoms with Gasteiger partial charge in [0.2, 0.25) is 0 Å². The minimum Gasteiger partial charge on any atom is -0.357 e. The smallest absolute Gasteiger partial charge is 0.159 e. The van der Waals surface area contributed by atoms with E-state index in [1.54, 1.807) is 0 Å². The van der Waals surface area contributed by atoms with E-state index in [1.807, 2.05) is 13.0 Å². The Balaban J connectivity index is 1.65. The fraction of sp³-hybridized carbons (Fsp3) is 0.421. The van der Waals surface area contributed by atoms with Crippen LogP contribution >= 0.6 is 0 Å². The maximum absolute atomic E-state index is 5.43. The second-order valence-corrected chi connectivity index (χ2v) is 6.53. The molecule has 3 nitrogen and oxygen atoms in total. The Morgan fingerprint density at radius 2 is 2.00 bits per heavy atom. The zero-order chi connectivity index (χ0) is 14.9. The van der Waals surface area contributed by atoms with Crippen LogP contribution in [-0.4, -0.2) is 29.2 Å². The van der Waals surface area contributed by atoms with Crippen LogP contribution in [-0.2, 0) is 6.42 Å². The van der Waals surface area contributed by atoms with Gasteiger partial charge in [0.25, 0.3) is 0 Å². The predicted octanol–water partition coefficient (Wildman–Crippen LogP) is 3.70. The van der Waals surface area contributed by atoms with Crippen LogP contribution in [0, 0.1) is 12.8 Å². The lowest BCUT2D eigenvalue weighted by Gasteiger charge is -2.47. The fourth-order valence-corrected chi connectivity index (χ4v) is 3.94. The van der Waals surface area contributed by atoms with Gasteiger partial charge in [0.15, 0.2) is 5.76 Å². The Morgan fingerprint density at radius 3 is 2.68 bits per heavy atom. The van der Waals surface area contributed by atoms with Gasteiger partial charge in [-0.3, -0.25) is 4.90 Å². The number of benzene rings is 1. The predicted molar refractivity (Wildman–Crippen MR) is 87.4 cm³/mol. The van der Waals surface area contributed by atoms with Crippen molar-refractivity contribution in [2.24, 2.45) is 5.92 Å². The summed E-state index contributed by atoms with van der Waals surface area (Å²) in [6.45, 7) is 4.44. The average Bonchev–Trinajstić information content (AvgIpc) is 2.97. The van der Waals surface area contributed by atoms with Crippen molar-refractivity contribution in [1.82, 2.24) is 10.1 Å². The third-order valence-electron chi connectivity index (χ3n) is 5.05. The monoisotopic (exact) mass is 294 g/mol. The van der Waals surface area contributed by atoms with Crippen molar-refractivity contribution in [1.29, 1.82) is 0 Å². The summed E-state index contributed by atoms with van der Waals surface area (Å²) in [5.41, 5.74) is 3.91. The van der Waals surface area contributed by atoms with E-state index in [0.717, 1.165) is 17.9 Å². The Morgan fingerprint density at radius 1 is 1.23 bits per heavy atom. The molecule has 114 valence electrons. The van der Waals surface area contributed by atoms with Crippen molar-refractivity contribution in [3.8, 4) is 0 Å². The largest absolute Gasteiger partial charge is 0.357 e. The third kappa shape index (κ3) is 2.61. The molecule has 4 heterocycles. The van der Waals surface area contributed by atoms with Gasteiger partial charge in [0, 0.05) is 12.1 Å². The molecule has 0 aliphatic carbocycles. The van der Waals surface area contributed by atoms with Crippen LogP contribution in [0.4, 0.5) is 0 Å². The highest BCUT2D eigenvalue weighted by molar-refractivity contribution is 5.51. The number of aromatic nitrogens is 1. The van der Waals surface area contributed by atoms with Crippen molar-refractivity contribution in [2.75, 3.05) is 13.1 Å². The first-order valence-electron chi connectivity index (χ1n) is 8.22. The standard InChI is InChI=1S/C19H22N2O/c1-14-11-17(22-20-14)13-18-16-7-9-21(10-8-16)19(18)12-15-5-3-2-4-6-15/h2-6,11,13,16,19H,7-10,12H2,1H3/b18-13+/t19-/m0/s1. The topological polar surface area (TPSA) is 29.3 Å². The van der Waals surface area contributed by atoms with E-state index in [4.69, 9.17) is 4.52 Å². The zero-order valence-electron chi connectivity index (χ0n) is 13.0. The molecule has 0 unspecified atom stereocenters. The first-order chi connectivity index (χ1) is 10.8. The Kier molecular flexibility index (Phi) is 3.59. The summed E-state index contributed by atoms with van der Waals surface area (Å²) in [5, 5.41) is 4.02. The molecule has 0 radical (unpaired) electrons. The summed E-state index contributed by atoms with van der Waals surface area (Å²) >= 11 is 0. The molecule has 2 bridgehead atoms. The molecule has 1 aromatic heterocycles. The van der Waals surface area contributed by atoms with Crippen LogP contribution in [0.5, 0.6) is 0 Å². The van der Waals surface area contributed by atoms with Crippen LogP contribution in [0.2, 0.25) is 0 Å². The summed E-state index contributed by atoms with van der Waals surface area (Å²) in [5.74, 6) is 1.61. The Hall–Kier alpha value is -1.87. The van der Waals surface area contributed by atoms with E-state index in [1.165, 1.54) is 37.1 Å². The van der Waals surface area contributed by atoms with E-state index >= 15 is 0 Å². The summed E-state index contributed by atoms with van der Waals surface area (Å²) < 4.78 is 5.43. The normalized spacial score (nSPS) is 29.1. The molecule has 0 saturated carbocycles. The third-order valence-corrected chi connectivity index (χ3v) is 5.05. The molecule has 3 fully saturated rings. The van der Waals surface area contributed by atoms with E-state index in [2.05, 4.69) is 46.5 Å². The molecule has 3 aliphatic heterocycles. The second kappa shape index (κ2) is 5.73. The van der Waals surface area contributed by atoms with Crippen LogP contribution in [0.25, 0.3) is 6.08 Å². The van der Waals surface area contributed by atoms with Crippen LogP contribution in [0.3, 0.4) is 0 Å². The lowest BCUT2D eigenvalue weighted by atomic mass is 9.76. The van der Waals surface area contributed by atoms with Gasteiger partial charge in [0.1, 0.15) is 0 Å². The molecule has 3 heteroatoms. The molecule has 3 saturated heterocycles. The van der Waals surface area contributed by atoms with Crippen molar-refractivity contribution >= 4 is 6.08 Å². The first-order valence-corrected chi connectivity index (χ1v) is 8.22. The molecular weight excluding hydrogens is 272 g/mol. The lowest BCUT2D eigenvalue weighted by molar-refractivity contribution is 0.104. The first kappa shape index (κ1) is 13.8. The van der Waals surface area contributed by atoms with Gasteiger partial charge in [-0.05, 0) is 62.4 Å². The molecule has 5 rings (SSSR count). The van der Waals surface area contributed by atoms with Crippen molar-refractivity contribution < 1.29 is 4.52 Å². The summed E-state index contributed by atoms with van der Waals surface area (Å²) in [6, 6.07) is 13.4. The molecule has 1 atom stereocenters. The summed E-state index contributed by atoms with van der Waals surface area (Å²) in [6.07, 6.45) is 5.91. The number of hydrogen-bond donors (Lipinski definition) is 0. The number of hydrogen-bond acceptors (Lipinski definition) is 3. The summed E-state index contributed by atoms with van der Waals surface area (Å²) in [4.78, 5) is 2.64. The molecule has 0 spiro atoms. The van der Waals surface area contributed by atoms with Gasteiger partial charge in [-0.25, -0.2) is 0 Å². The van der Waals surface area contributed by atoms with Crippen molar-refractivity contribution in [3.63, 3.8) is 0 Å². The van der Waals surface area contributed by atoms with Gasteiger partial charge >= 0.3 is 0 Å². The molecular formula is C19H22N2O. The van der Waals surface area contributed by atoms with Gasteiger partial charge in [-0.15, -0.1) is 0 Å². The molecule has 22 heavy (non-hydrogen) atoms. The maximum atomic E-state index is 5.43. The highest BCUT2D eigenvalue weighted by Gasteiger charge is 2.37. The van der Waals surface area contributed by atoms with Gasteiger partial charge in [-0.1, -0.05) is 35.5 Å². The Labute approximate surface area is 131 Å². The number of aryl methyl sites for hydroxylation is 1. The highest BCUT2D eigenvalue weighted by atomic mass is 16.5. The minimum absolute atomic E-state index is 0.514. The molecule has 2 aromatic rings. The van der Waals surface area contributed by atoms with Crippen LogP contribution < -0.4 is 0 Å². The van der Waals surface area contributed by atoms with Crippen molar-refractivity contribution in [2.45, 2.75) is 32.2 Å². The zero-order valence-corrected chi connectivity index (χ0v) is 13.0. The molecule has 0 N–H and O–H groups in total. The fourth-order valence-electron chi connectivity index (χ4n) is 3.94. The van der Waals surface area contributed by atoms with E-state index in [9.17, 15) is 0 Å². The van der Waals surface area contributed by atoms with Gasteiger partial charge < -0.3 is 4.52 Å². The summed E-state index contributed by atoms with van der Waals surface area (Å²) in [7, 11) is 0. The van der Waals surface area contributed by atoms with E-state index in [-0.39, 0.29) is 0 Å². The number of rotatable bonds is 3. The van der Waals surface area contributed by atoms with Crippen LogP contribution in [0.15, 0.2) is 46.5 Å². The van der Waals surface area contributed by atoms with E-state index in [0.29, 0.717) is 12.0 Å². The number of piperidine rings is 3. The highest BCUT2D eigenvalue weighted by Crippen LogP contribution is 2.39. The molecule has 0 amide bonds. The molecule has 1 aromatic carbocycles. The van der Waals surface area contributed by atoms with Gasteiger partial charge in [0.05, 0.1) is 5.69 Å². The Bertz CT molecular complexity index is 666. The second-order valence-electron chi connectivity index (χ2n) is 6.53. The maximum Gasteiger partial charge on any atom is 0.159 e. The number of nitrogens with zero attached hydrogens (tertiary/aromatic N) is 2. The molecule has 3 aliphatic rings. The van der Waals surface area contributed by atoms with Crippen LogP contribution in [0.1, 0.15) is 29.9 Å². The number of fused-ring (bicyclic) bond motifs is 3. The lowest BCUT2D eigenvalue weighted by Crippen LogP contribution is -2.51. The van der Waals surface area contributed by atoms with E-state index < -0.39 is 0 Å². The SMILES string of the molecule is Cc1cc(/C=C2\C3CCN(CC3)[C@H]2Cc2ccccc2)on1. The minimum atomic E-state index is 0.514. The quantitative estimate of drug-likeness (QED) is 0.864. The van der Waals surface area contributed by atoms with Crippen molar-refractivity contribution in [3.05, 3.63) is 59.0 Å². The average molecular weight is 294 g/mol. The van der Waals surface area contributed by atoms with Gasteiger partial charge in [-0.2, -0.15) is 0 Å².